The van der Waals surface area contributed by atoms with Crippen molar-refractivity contribution in [3.63, 3.8) is 0 Å². The number of benzene rings is 1. The summed E-state index contributed by atoms with van der Waals surface area (Å²) in [5, 5.41) is 0. The smallest absolute Gasteiger partial charge is 0.322 e. The molecule has 17 heavy (non-hydrogen) atoms. The van der Waals surface area contributed by atoms with Gasteiger partial charge in [-0.05, 0) is 12.0 Å². The van der Waals surface area contributed by atoms with E-state index in [4.69, 9.17) is 9.47 Å². The third-order valence-corrected chi connectivity index (χ3v) is 2.73. The van der Waals surface area contributed by atoms with E-state index in [1.807, 2.05) is 37.3 Å². The van der Waals surface area contributed by atoms with Crippen LogP contribution in [-0.4, -0.2) is 24.0 Å². The quantitative estimate of drug-likeness (QED) is 0.441. The van der Waals surface area contributed by atoms with Crippen LogP contribution in [0.2, 0.25) is 0 Å². The Labute approximate surface area is 110 Å². The van der Waals surface area contributed by atoms with Gasteiger partial charge in [-0.15, -0.1) is 0 Å². The number of carbonyl (C=O) groups is 1. The Bertz CT molecular complexity index is 327. The standard InChI is InChI=1S/C13H17BrO3/c1-2-8-16-10-12(14)13(15)17-9-11-6-4-3-5-7-11/h3-7,12H,2,8-10H2,1H3/t12-/m1/s1. The number of hydrogen-bond acceptors (Lipinski definition) is 3. The van der Waals surface area contributed by atoms with Gasteiger partial charge in [0, 0.05) is 6.61 Å². The van der Waals surface area contributed by atoms with E-state index in [-0.39, 0.29) is 5.97 Å². The summed E-state index contributed by atoms with van der Waals surface area (Å²) in [6.45, 7) is 3.34. The summed E-state index contributed by atoms with van der Waals surface area (Å²) in [7, 11) is 0. The van der Waals surface area contributed by atoms with Crippen LogP contribution in [0.15, 0.2) is 30.3 Å². The van der Waals surface area contributed by atoms with Gasteiger partial charge in [0.15, 0.2) is 0 Å². The molecule has 0 N–H and O–H groups in total. The van der Waals surface area contributed by atoms with Crippen LogP contribution in [0.5, 0.6) is 0 Å². The third-order valence-electron chi connectivity index (χ3n) is 2.09. The van der Waals surface area contributed by atoms with Gasteiger partial charge in [0.25, 0.3) is 0 Å². The molecule has 0 radical (unpaired) electrons. The van der Waals surface area contributed by atoms with Gasteiger partial charge in [0.05, 0.1) is 6.61 Å². The number of alkyl halides is 1. The third kappa shape index (κ3) is 5.84. The lowest BCUT2D eigenvalue weighted by Crippen LogP contribution is -2.22. The first-order valence-corrected chi connectivity index (χ1v) is 6.58. The second-order valence-electron chi connectivity index (χ2n) is 3.64. The molecule has 0 aliphatic heterocycles. The second-order valence-corrected chi connectivity index (χ2v) is 4.74. The van der Waals surface area contributed by atoms with Crippen LogP contribution in [-0.2, 0) is 20.9 Å². The Morgan fingerprint density at radius 2 is 2.06 bits per heavy atom. The molecule has 94 valence electrons. The molecule has 4 heteroatoms. The van der Waals surface area contributed by atoms with Gasteiger partial charge in [-0.25, -0.2) is 0 Å². The normalized spacial score (nSPS) is 12.1. The Kier molecular flexibility index (Phi) is 6.89. The van der Waals surface area contributed by atoms with E-state index < -0.39 is 4.83 Å². The Morgan fingerprint density at radius 3 is 2.71 bits per heavy atom. The molecule has 0 fully saturated rings. The zero-order chi connectivity index (χ0) is 12.5. The molecule has 0 bridgehead atoms. The van der Waals surface area contributed by atoms with Crippen LogP contribution in [0, 0.1) is 0 Å². The number of rotatable bonds is 7. The maximum Gasteiger partial charge on any atom is 0.322 e. The minimum Gasteiger partial charge on any atom is -0.460 e. The van der Waals surface area contributed by atoms with Gasteiger partial charge < -0.3 is 9.47 Å². The molecule has 0 heterocycles. The molecule has 0 saturated carbocycles. The van der Waals surface area contributed by atoms with Crippen molar-refractivity contribution in [3.05, 3.63) is 35.9 Å². The summed E-state index contributed by atoms with van der Waals surface area (Å²) in [4.78, 5) is 11.2. The fourth-order valence-electron chi connectivity index (χ4n) is 1.22. The van der Waals surface area contributed by atoms with Crippen LogP contribution in [0.3, 0.4) is 0 Å². The zero-order valence-corrected chi connectivity index (χ0v) is 11.5. The van der Waals surface area contributed by atoms with Crippen molar-refractivity contribution in [2.24, 2.45) is 0 Å². The molecular weight excluding hydrogens is 284 g/mol. The van der Waals surface area contributed by atoms with Crippen molar-refractivity contribution in [2.75, 3.05) is 13.2 Å². The molecule has 0 aromatic heterocycles. The minimum atomic E-state index is -0.391. The van der Waals surface area contributed by atoms with Crippen molar-refractivity contribution in [1.82, 2.24) is 0 Å². The molecule has 0 spiro atoms. The lowest BCUT2D eigenvalue weighted by molar-refractivity contribution is -0.145. The molecule has 0 saturated heterocycles. The molecular formula is C13H17BrO3. The predicted molar refractivity (Wildman–Crippen MR) is 70.1 cm³/mol. The first-order valence-electron chi connectivity index (χ1n) is 5.66. The van der Waals surface area contributed by atoms with Crippen LogP contribution in [0.4, 0.5) is 0 Å². The van der Waals surface area contributed by atoms with Gasteiger partial charge >= 0.3 is 5.97 Å². The van der Waals surface area contributed by atoms with Crippen molar-refractivity contribution in [2.45, 2.75) is 24.8 Å². The molecule has 1 rings (SSSR count). The number of ether oxygens (including phenoxy) is 2. The molecule has 3 nitrogen and oxygen atoms in total. The maximum atomic E-state index is 11.6. The van der Waals surface area contributed by atoms with E-state index in [2.05, 4.69) is 15.9 Å². The van der Waals surface area contributed by atoms with Gasteiger partial charge in [0.2, 0.25) is 0 Å². The monoisotopic (exact) mass is 300 g/mol. The van der Waals surface area contributed by atoms with Crippen molar-refractivity contribution >= 4 is 21.9 Å². The van der Waals surface area contributed by atoms with E-state index >= 15 is 0 Å². The zero-order valence-electron chi connectivity index (χ0n) is 9.90. The van der Waals surface area contributed by atoms with Crippen molar-refractivity contribution < 1.29 is 14.3 Å². The Hall–Kier alpha value is -0.870. The molecule has 0 aliphatic rings. The number of carbonyl (C=O) groups excluding carboxylic acids is 1. The largest absolute Gasteiger partial charge is 0.460 e. The summed E-state index contributed by atoms with van der Waals surface area (Å²) >= 11 is 3.25. The highest BCUT2D eigenvalue weighted by Crippen LogP contribution is 2.07. The lowest BCUT2D eigenvalue weighted by atomic mass is 10.2. The summed E-state index contributed by atoms with van der Waals surface area (Å²) in [5.41, 5.74) is 0.982. The van der Waals surface area contributed by atoms with Crippen LogP contribution in [0.1, 0.15) is 18.9 Å². The first kappa shape index (κ1) is 14.2. The van der Waals surface area contributed by atoms with E-state index in [0.29, 0.717) is 19.8 Å². The molecule has 1 atom stereocenters. The summed E-state index contributed by atoms with van der Waals surface area (Å²) in [5.74, 6) is -0.287. The van der Waals surface area contributed by atoms with Crippen LogP contribution < -0.4 is 0 Å². The highest BCUT2D eigenvalue weighted by Gasteiger charge is 2.16. The molecule has 0 amide bonds. The fraction of sp³-hybridized carbons (Fsp3) is 0.462. The fourth-order valence-corrected chi connectivity index (χ4v) is 1.54. The molecule has 0 aliphatic carbocycles. The SMILES string of the molecule is CCCOC[C@@H](Br)C(=O)OCc1ccccc1. The highest BCUT2D eigenvalue weighted by atomic mass is 79.9. The van der Waals surface area contributed by atoms with Crippen LogP contribution in [0.25, 0.3) is 0 Å². The van der Waals surface area contributed by atoms with Gasteiger partial charge in [-0.1, -0.05) is 53.2 Å². The summed E-state index contributed by atoms with van der Waals surface area (Å²) in [6.07, 6.45) is 0.943. The number of halogens is 1. The van der Waals surface area contributed by atoms with Gasteiger partial charge in [0.1, 0.15) is 11.4 Å². The molecule has 1 aromatic carbocycles. The maximum absolute atomic E-state index is 11.6. The Morgan fingerprint density at radius 1 is 1.35 bits per heavy atom. The number of esters is 1. The van der Waals surface area contributed by atoms with Crippen LogP contribution >= 0.6 is 15.9 Å². The van der Waals surface area contributed by atoms with E-state index in [1.165, 1.54) is 0 Å². The summed E-state index contributed by atoms with van der Waals surface area (Å²) < 4.78 is 10.4. The van der Waals surface area contributed by atoms with Crippen molar-refractivity contribution in [1.29, 1.82) is 0 Å². The van der Waals surface area contributed by atoms with Gasteiger partial charge in [-0.3, -0.25) is 4.79 Å². The topological polar surface area (TPSA) is 35.5 Å². The average Bonchev–Trinajstić information content (AvgIpc) is 2.37. The lowest BCUT2D eigenvalue weighted by Gasteiger charge is -2.10. The second kappa shape index (κ2) is 8.25. The van der Waals surface area contributed by atoms with E-state index in [1.54, 1.807) is 0 Å². The van der Waals surface area contributed by atoms with E-state index in [9.17, 15) is 4.79 Å². The molecule has 0 unspecified atom stereocenters. The minimum absolute atomic E-state index is 0.287. The van der Waals surface area contributed by atoms with E-state index in [0.717, 1.165) is 12.0 Å². The Balaban J connectivity index is 2.24. The summed E-state index contributed by atoms with van der Waals surface area (Å²) in [6, 6.07) is 9.60. The molecule has 1 aromatic rings. The highest BCUT2D eigenvalue weighted by molar-refractivity contribution is 9.10. The van der Waals surface area contributed by atoms with Crippen molar-refractivity contribution in [3.8, 4) is 0 Å². The number of hydrogen-bond donors (Lipinski definition) is 0. The van der Waals surface area contributed by atoms with Gasteiger partial charge in [-0.2, -0.15) is 0 Å². The first-order chi connectivity index (χ1) is 8.24. The average molecular weight is 301 g/mol. The predicted octanol–water partition coefficient (Wildman–Crippen LogP) is 2.92.